The van der Waals surface area contributed by atoms with E-state index < -0.39 is 24.4 Å². The molecule has 4 unspecified atom stereocenters. The largest absolute Gasteiger partial charge is 0.508 e. The van der Waals surface area contributed by atoms with Gasteiger partial charge in [-0.05, 0) is 35.4 Å². The van der Waals surface area contributed by atoms with E-state index in [1.165, 1.54) is 12.1 Å². The van der Waals surface area contributed by atoms with Crippen molar-refractivity contribution in [3.8, 4) is 23.3 Å². The van der Waals surface area contributed by atoms with Gasteiger partial charge < -0.3 is 30.6 Å². The van der Waals surface area contributed by atoms with E-state index in [0.717, 1.165) is 0 Å². The van der Waals surface area contributed by atoms with Gasteiger partial charge in [-0.25, -0.2) is 0 Å². The molecule has 4 atom stereocenters. The lowest BCUT2D eigenvalue weighted by molar-refractivity contribution is 0.0136. The Balaban J connectivity index is 1.76. The van der Waals surface area contributed by atoms with E-state index in [9.17, 15) is 30.6 Å². The van der Waals surface area contributed by atoms with E-state index in [1.54, 1.807) is 12.1 Å². The molecular weight excluding hydrogens is 360 g/mol. The van der Waals surface area contributed by atoms with Crippen LogP contribution < -0.4 is 0 Å². The highest BCUT2D eigenvalue weighted by Crippen LogP contribution is 2.33. The van der Waals surface area contributed by atoms with E-state index >= 15 is 0 Å². The van der Waals surface area contributed by atoms with E-state index in [1.807, 2.05) is 0 Å². The zero-order chi connectivity index (χ0) is 20.0. The quantitative estimate of drug-likeness (QED) is 0.361. The average molecular weight is 382 g/mol. The van der Waals surface area contributed by atoms with Crippen LogP contribution in [0, 0.1) is 11.8 Å². The maximum atomic E-state index is 10.1. The second-order valence-corrected chi connectivity index (χ2v) is 7.51. The van der Waals surface area contributed by atoms with Crippen molar-refractivity contribution in [1.29, 1.82) is 0 Å². The Kier molecular flexibility index (Phi) is 4.77. The van der Waals surface area contributed by atoms with Crippen molar-refractivity contribution in [3.63, 3.8) is 0 Å². The molecule has 6 N–H and O–H groups in total. The van der Waals surface area contributed by atoms with E-state index in [-0.39, 0.29) is 37.2 Å². The first-order valence-corrected chi connectivity index (χ1v) is 9.27. The van der Waals surface area contributed by atoms with Crippen molar-refractivity contribution in [3.05, 3.63) is 57.6 Å². The van der Waals surface area contributed by atoms with Crippen LogP contribution in [-0.2, 0) is 25.7 Å². The molecule has 0 spiro atoms. The van der Waals surface area contributed by atoms with Gasteiger partial charge in [0, 0.05) is 47.9 Å². The van der Waals surface area contributed by atoms with Crippen LogP contribution in [0.25, 0.3) is 0 Å². The smallest absolute Gasteiger partial charge is 0.119 e. The molecule has 0 aliphatic heterocycles. The van der Waals surface area contributed by atoms with Crippen molar-refractivity contribution in [1.82, 2.24) is 0 Å². The summed E-state index contributed by atoms with van der Waals surface area (Å²) in [6.45, 7) is 0. The molecular formula is C22H22O6. The molecule has 0 heterocycles. The SMILES string of the molecule is Oc1ccc(C#Cc2ccc(O)c3c2CC(O)C(O)C3)c2c1CC(O)C(O)C2. The minimum absolute atomic E-state index is 0.0747. The van der Waals surface area contributed by atoms with Gasteiger partial charge in [-0.1, -0.05) is 11.8 Å². The highest BCUT2D eigenvalue weighted by molar-refractivity contribution is 5.58. The highest BCUT2D eigenvalue weighted by Gasteiger charge is 2.30. The van der Waals surface area contributed by atoms with Gasteiger partial charge in [0.2, 0.25) is 0 Å². The fourth-order valence-electron chi connectivity index (χ4n) is 4.03. The Morgan fingerprint density at radius 1 is 0.536 bits per heavy atom. The fourth-order valence-corrected chi connectivity index (χ4v) is 4.03. The second kappa shape index (κ2) is 7.12. The topological polar surface area (TPSA) is 121 Å². The summed E-state index contributed by atoms with van der Waals surface area (Å²) in [7, 11) is 0. The third-order valence-corrected chi connectivity index (χ3v) is 5.69. The zero-order valence-electron chi connectivity index (χ0n) is 15.1. The van der Waals surface area contributed by atoms with E-state index in [2.05, 4.69) is 11.8 Å². The molecule has 0 saturated heterocycles. The molecule has 2 aliphatic carbocycles. The Hall–Kier alpha value is -2.56. The minimum Gasteiger partial charge on any atom is -0.508 e. The first-order valence-electron chi connectivity index (χ1n) is 9.27. The number of aromatic hydroxyl groups is 2. The summed E-state index contributed by atoms with van der Waals surface area (Å²) in [6, 6.07) is 6.41. The van der Waals surface area contributed by atoms with Gasteiger partial charge in [-0.3, -0.25) is 0 Å². The third-order valence-electron chi connectivity index (χ3n) is 5.69. The van der Waals surface area contributed by atoms with Crippen LogP contribution in [0.2, 0.25) is 0 Å². The van der Waals surface area contributed by atoms with Crippen LogP contribution in [0.15, 0.2) is 24.3 Å². The number of phenolic OH excluding ortho intramolecular Hbond substituents is 2. The van der Waals surface area contributed by atoms with E-state index in [0.29, 0.717) is 33.4 Å². The minimum atomic E-state index is -0.918. The summed E-state index contributed by atoms with van der Waals surface area (Å²) < 4.78 is 0. The lowest BCUT2D eigenvalue weighted by Gasteiger charge is -2.27. The summed E-state index contributed by atoms with van der Waals surface area (Å²) in [5.74, 6) is 6.28. The third kappa shape index (κ3) is 3.23. The molecule has 146 valence electrons. The van der Waals surface area contributed by atoms with Crippen LogP contribution in [0.3, 0.4) is 0 Å². The Bertz CT molecular complexity index is 909. The number of benzene rings is 2. The van der Waals surface area contributed by atoms with Crippen LogP contribution >= 0.6 is 0 Å². The van der Waals surface area contributed by atoms with Crippen molar-refractivity contribution in [2.24, 2.45) is 0 Å². The number of fused-ring (bicyclic) bond motifs is 2. The van der Waals surface area contributed by atoms with Gasteiger partial charge in [0.05, 0.1) is 24.4 Å². The fraction of sp³-hybridized carbons (Fsp3) is 0.364. The standard InChI is InChI=1S/C22H22O6/c23-17-5-3-11(13-7-19(25)21(27)9-15(13)17)1-2-12-4-6-18(24)16-10-22(28)20(26)8-14(12)16/h3-6,19-28H,7-10H2. The summed E-state index contributed by atoms with van der Waals surface area (Å²) in [4.78, 5) is 0. The van der Waals surface area contributed by atoms with Crippen molar-refractivity contribution in [2.45, 2.75) is 50.1 Å². The maximum absolute atomic E-state index is 10.1. The molecule has 0 amide bonds. The van der Waals surface area contributed by atoms with Gasteiger partial charge in [-0.15, -0.1) is 0 Å². The van der Waals surface area contributed by atoms with Gasteiger partial charge in [0.15, 0.2) is 0 Å². The number of phenols is 2. The first kappa shape index (κ1) is 18.8. The maximum Gasteiger partial charge on any atom is 0.119 e. The first-order chi connectivity index (χ1) is 13.3. The summed E-state index contributed by atoms with van der Waals surface area (Å²) >= 11 is 0. The molecule has 0 fully saturated rings. The molecule has 0 saturated carbocycles. The normalized spacial score (nSPS) is 26.0. The molecule has 6 heteroatoms. The zero-order valence-corrected chi connectivity index (χ0v) is 15.1. The van der Waals surface area contributed by atoms with Crippen LogP contribution in [0.5, 0.6) is 11.5 Å². The van der Waals surface area contributed by atoms with Gasteiger partial charge in [-0.2, -0.15) is 0 Å². The van der Waals surface area contributed by atoms with Crippen molar-refractivity contribution in [2.75, 3.05) is 0 Å². The molecule has 2 aromatic carbocycles. The van der Waals surface area contributed by atoms with E-state index in [4.69, 9.17) is 0 Å². The van der Waals surface area contributed by atoms with Crippen molar-refractivity contribution < 1.29 is 30.6 Å². The lowest BCUT2D eigenvalue weighted by atomic mass is 9.83. The molecule has 0 aromatic heterocycles. The van der Waals surface area contributed by atoms with Crippen LogP contribution in [0.1, 0.15) is 33.4 Å². The van der Waals surface area contributed by atoms with Crippen LogP contribution in [0.4, 0.5) is 0 Å². The second-order valence-electron chi connectivity index (χ2n) is 7.51. The summed E-state index contributed by atoms with van der Waals surface area (Å²) in [6.07, 6.45) is -2.92. The lowest BCUT2D eigenvalue weighted by Crippen LogP contribution is -2.35. The molecule has 2 aromatic rings. The molecule has 2 aliphatic rings. The number of aliphatic hydroxyl groups excluding tert-OH is 4. The molecule has 4 rings (SSSR count). The Morgan fingerprint density at radius 3 is 1.21 bits per heavy atom. The van der Waals surface area contributed by atoms with Gasteiger partial charge in [0.1, 0.15) is 11.5 Å². The summed E-state index contributed by atoms with van der Waals surface area (Å²) in [5.41, 5.74) is 3.92. The monoisotopic (exact) mass is 382 g/mol. The molecule has 0 bridgehead atoms. The number of aliphatic hydroxyl groups is 4. The highest BCUT2D eigenvalue weighted by atomic mass is 16.3. The predicted octanol–water partition coefficient (Wildman–Crippen LogP) is 0.138. The predicted molar refractivity (Wildman–Crippen MR) is 101 cm³/mol. The molecule has 6 nitrogen and oxygen atoms in total. The number of hydrogen-bond donors (Lipinski definition) is 6. The Morgan fingerprint density at radius 2 is 0.857 bits per heavy atom. The van der Waals surface area contributed by atoms with Crippen molar-refractivity contribution >= 4 is 0 Å². The number of rotatable bonds is 0. The molecule has 0 radical (unpaired) electrons. The van der Waals surface area contributed by atoms with Crippen LogP contribution in [-0.4, -0.2) is 55.1 Å². The number of hydrogen-bond acceptors (Lipinski definition) is 6. The summed E-state index contributed by atoms with van der Waals surface area (Å²) in [5, 5.41) is 60.0. The Labute approximate surface area is 162 Å². The molecule has 28 heavy (non-hydrogen) atoms. The van der Waals surface area contributed by atoms with Gasteiger partial charge in [0.25, 0.3) is 0 Å². The van der Waals surface area contributed by atoms with Gasteiger partial charge >= 0.3 is 0 Å². The average Bonchev–Trinajstić information content (AvgIpc) is 2.66.